The van der Waals surface area contributed by atoms with Gasteiger partial charge in [-0.25, -0.2) is 9.37 Å². The molecule has 0 saturated carbocycles. The first-order valence-electron chi connectivity index (χ1n) is 8.16. The molecule has 2 aliphatic heterocycles. The van der Waals surface area contributed by atoms with Gasteiger partial charge >= 0.3 is 0 Å². The molecule has 134 valence electrons. The monoisotopic (exact) mass is 367 g/mol. The number of ether oxygens (including phenoxy) is 1. The molecule has 0 bridgehead atoms. The Hall–Kier alpha value is -2.19. The van der Waals surface area contributed by atoms with E-state index >= 15 is 0 Å². The van der Waals surface area contributed by atoms with Crippen molar-refractivity contribution < 1.29 is 9.13 Å². The van der Waals surface area contributed by atoms with E-state index in [0.717, 1.165) is 19.4 Å². The molecule has 4 heterocycles. The molecule has 0 amide bonds. The fourth-order valence-corrected chi connectivity index (χ4v) is 3.17. The van der Waals surface area contributed by atoms with E-state index < -0.39 is 11.4 Å². The topological polar surface area (TPSA) is 83.1 Å². The zero-order valence-corrected chi connectivity index (χ0v) is 14.7. The molecule has 2 N–H and O–H groups in total. The number of aromatic amines is 1. The Labute approximate surface area is 148 Å². The number of aromatic nitrogens is 3. The first-order valence-corrected chi connectivity index (χ1v) is 8.54. The van der Waals surface area contributed by atoms with Gasteiger partial charge in [-0.05, 0) is 12.6 Å². The highest BCUT2D eigenvalue weighted by Gasteiger charge is 2.34. The normalized spacial score (nSPS) is 21.2. The summed E-state index contributed by atoms with van der Waals surface area (Å²) in [5.41, 5.74) is -0.663. The van der Waals surface area contributed by atoms with Gasteiger partial charge in [-0.1, -0.05) is 31.5 Å². The lowest BCUT2D eigenvalue weighted by Crippen LogP contribution is -2.37. The van der Waals surface area contributed by atoms with Crippen LogP contribution < -0.4 is 15.6 Å². The molecule has 2 unspecified atom stereocenters. The van der Waals surface area contributed by atoms with Crippen molar-refractivity contribution in [1.82, 2.24) is 25.2 Å². The summed E-state index contributed by atoms with van der Waals surface area (Å²) in [5, 5.41) is 2.93. The number of nitrogens with zero attached hydrogens (tertiary/aromatic N) is 3. The van der Waals surface area contributed by atoms with E-state index in [4.69, 9.17) is 16.3 Å². The lowest BCUT2D eigenvalue weighted by Gasteiger charge is -2.20. The molecule has 1 fully saturated rings. The maximum Gasteiger partial charge on any atom is 0.264 e. The molecule has 2 aromatic heterocycles. The van der Waals surface area contributed by atoms with Crippen molar-refractivity contribution in [2.24, 2.45) is 0 Å². The van der Waals surface area contributed by atoms with Gasteiger partial charge in [0.2, 0.25) is 5.88 Å². The zero-order chi connectivity index (χ0) is 18.0. The van der Waals surface area contributed by atoms with Crippen molar-refractivity contribution in [2.45, 2.75) is 32.4 Å². The predicted octanol–water partition coefficient (Wildman–Crippen LogP) is 2.03. The van der Waals surface area contributed by atoms with Crippen LogP contribution in [0.3, 0.4) is 0 Å². The molecular weight excluding hydrogens is 349 g/mol. The summed E-state index contributed by atoms with van der Waals surface area (Å²) in [6.07, 6.45) is 6.21. The molecule has 2 aliphatic rings. The number of pyridine rings is 1. The Kier molecular flexibility index (Phi) is 5.19. The summed E-state index contributed by atoms with van der Waals surface area (Å²) >= 11 is 5.78. The van der Waals surface area contributed by atoms with Crippen molar-refractivity contribution in [3.63, 3.8) is 0 Å². The van der Waals surface area contributed by atoms with Gasteiger partial charge in [0.05, 0.1) is 25.1 Å². The summed E-state index contributed by atoms with van der Waals surface area (Å²) in [6.45, 7) is 5.04. The molecule has 0 radical (unpaired) electrons. The van der Waals surface area contributed by atoms with Crippen LogP contribution in [0.5, 0.6) is 5.88 Å². The first-order chi connectivity index (χ1) is 12.1. The third-order valence-electron chi connectivity index (χ3n) is 4.16. The van der Waals surface area contributed by atoms with Crippen LogP contribution in [-0.2, 0) is 0 Å². The van der Waals surface area contributed by atoms with Crippen LogP contribution in [-0.4, -0.2) is 45.2 Å². The van der Waals surface area contributed by atoms with Crippen LogP contribution in [0, 0.1) is 5.82 Å². The van der Waals surface area contributed by atoms with Gasteiger partial charge in [0, 0.05) is 0 Å². The van der Waals surface area contributed by atoms with E-state index in [1.165, 1.54) is 0 Å². The fourth-order valence-electron chi connectivity index (χ4n) is 3.01. The largest absolute Gasteiger partial charge is 0.475 e. The van der Waals surface area contributed by atoms with E-state index in [-0.39, 0.29) is 28.0 Å². The van der Waals surface area contributed by atoms with E-state index in [1.54, 1.807) is 0 Å². The third kappa shape index (κ3) is 3.19. The molecule has 7 nitrogen and oxygen atoms in total. The van der Waals surface area contributed by atoms with Crippen LogP contribution in [0.2, 0.25) is 5.15 Å². The van der Waals surface area contributed by atoms with Crippen LogP contribution in [0.1, 0.15) is 20.3 Å². The molecular formula is C16H19ClFN5O2. The van der Waals surface area contributed by atoms with Crippen molar-refractivity contribution in [3.8, 4) is 5.88 Å². The Morgan fingerprint density at radius 2 is 2.28 bits per heavy atom. The Morgan fingerprint density at radius 1 is 1.48 bits per heavy atom. The number of rotatable bonds is 3. The van der Waals surface area contributed by atoms with Crippen molar-refractivity contribution in [3.05, 3.63) is 39.9 Å². The van der Waals surface area contributed by atoms with Crippen LogP contribution >= 0.6 is 11.6 Å². The van der Waals surface area contributed by atoms with Crippen molar-refractivity contribution in [2.75, 3.05) is 13.3 Å². The highest BCUT2D eigenvalue weighted by molar-refractivity contribution is 6.30. The molecule has 0 spiro atoms. The Morgan fingerprint density at radius 3 is 3.08 bits per heavy atom. The lowest BCUT2D eigenvalue weighted by molar-refractivity contribution is 0.244. The highest BCUT2D eigenvalue weighted by Crippen LogP contribution is 2.27. The minimum Gasteiger partial charge on any atom is -0.475 e. The summed E-state index contributed by atoms with van der Waals surface area (Å²) < 4.78 is 19.7. The second-order valence-corrected chi connectivity index (χ2v) is 5.82. The molecule has 9 heteroatoms. The van der Waals surface area contributed by atoms with E-state index in [2.05, 4.69) is 37.4 Å². The van der Waals surface area contributed by atoms with E-state index in [9.17, 15) is 9.18 Å². The maximum absolute atomic E-state index is 14.0. The molecule has 0 aliphatic carbocycles. The lowest BCUT2D eigenvalue weighted by atomic mass is 10.1. The van der Waals surface area contributed by atoms with Gasteiger partial charge in [0.1, 0.15) is 17.5 Å². The molecule has 2 aromatic rings. The third-order valence-corrected chi connectivity index (χ3v) is 4.41. The summed E-state index contributed by atoms with van der Waals surface area (Å²) in [7, 11) is 0. The number of halogens is 2. The van der Waals surface area contributed by atoms with E-state index in [1.807, 2.05) is 13.8 Å². The Balaban J connectivity index is 0.000000880. The number of hydrogen-bond acceptors (Lipinski definition) is 6. The van der Waals surface area contributed by atoms with Gasteiger partial charge in [-0.15, -0.1) is 0 Å². The van der Waals surface area contributed by atoms with Crippen molar-refractivity contribution >= 4 is 22.5 Å². The second kappa shape index (κ2) is 7.37. The molecule has 25 heavy (non-hydrogen) atoms. The van der Waals surface area contributed by atoms with E-state index in [0.29, 0.717) is 12.6 Å². The van der Waals surface area contributed by atoms with Gasteiger partial charge in [-0.3, -0.25) is 10.1 Å². The minimum absolute atomic E-state index is 0.00745. The molecule has 4 rings (SSSR count). The maximum atomic E-state index is 14.0. The van der Waals surface area contributed by atoms with Crippen molar-refractivity contribution in [1.29, 1.82) is 0 Å². The summed E-state index contributed by atoms with van der Waals surface area (Å²) in [5.74, 6) is -0.836. The molecule has 0 aromatic carbocycles. The fraction of sp³-hybridized carbons (Fsp3) is 0.438. The quantitative estimate of drug-likeness (QED) is 0.808. The molecule has 1 saturated heterocycles. The zero-order valence-electron chi connectivity index (χ0n) is 13.9. The molecule has 2 atom stereocenters. The summed E-state index contributed by atoms with van der Waals surface area (Å²) in [6, 6.07) is 0.398. The SMILES string of the molecule is CC.O=c1[nH]cnc2c(F)c(Cl)nc(OCC3NCN4C=CCC34)c12. The smallest absolute Gasteiger partial charge is 0.264 e. The van der Waals surface area contributed by atoms with Gasteiger partial charge < -0.3 is 14.6 Å². The van der Waals surface area contributed by atoms with Crippen LogP contribution in [0.4, 0.5) is 4.39 Å². The highest BCUT2D eigenvalue weighted by atomic mass is 35.5. The predicted molar refractivity (Wildman–Crippen MR) is 93.1 cm³/mol. The minimum atomic E-state index is -0.828. The number of hydrogen-bond donors (Lipinski definition) is 2. The number of nitrogens with one attached hydrogen (secondary N) is 2. The first kappa shape index (κ1) is 17.6. The van der Waals surface area contributed by atoms with Gasteiger partial charge in [0.25, 0.3) is 5.56 Å². The number of H-pyrrole nitrogens is 1. The average Bonchev–Trinajstić information content (AvgIpc) is 3.23. The number of fused-ring (bicyclic) bond motifs is 2. The van der Waals surface area contributed by atoms with Crippen LogP contribution in [0.25, 0.3) is 10.9 Å². The summed E-state index contributed by atoms with van der Waals surface area (Å²) in [4.78, 5) is 24.3. The van der Waals surface area contributed by atoms with Gasteiger partial charge in [0.15, 0.2) is 11.0 Å². The second-order valence-electron chi connectivity index (χ2n) is 5.46. The van der Waals surface area contributed by atoms with Crippen LogP contribution in [0.15, 0.2) is 23.4 Å². The average molecular weight is 368 g/mol. The Bertz CT molecular complexity index is 856. The van der Waals surface area contributed by atoms with Gasteiger partial charge in [-0.2, -0.15) is 4.98 Å². The standard InChI is InChI=1S/C14H13ClFN5O2.C2H6/c15-12-10(16)11-9(13(22)18-5-17-11)14(20-12)23-4-7-8-2-1-3-21(8)6-19-7;1-2/h1,3,5,7-8,19H,2,4,6H2,(H,17,18,22);1-2H3.